The number of ether oxygens (including phenoxy) is 1. The van der Waals surface area contributed by atoms with Crippen LogP contribution in [0.1, 0.15) is 15.2 Å². The lowest BCUT2D eigenvalue weighted by molar-refractivity contribution is -0.123. The van der Waals surface area contributed by atoms with Crippen LogP contribution in [0.25, 0.3) is 0 Å². The molecule has 1 heterocycles. The van der Waals surface area contributed by atoms with Gasteiger partial charge in [0, 0.05) is 5.69 Å². The van der Waals surface area contributed by atoms with Crippen molar-refractivity contribution in [1.29, 1.82) is 0 Å². The third-order valence-corrected chi connectivity index (χ3v) is 3.49. The zero-order valence-electron chi connectivity index (χ0n) is 11.4. The van der Waals surface area contributed by atoms with Gasteiger partial charge < -0.3 is 10.5 Å². The van der Waals surface area contributed by atoms with E-state index < -0.39 is 5.91 Å². The van der Waals surface area contributed by atoms with Gasteiger partial charge in [0.25, 0.3) is 11.8 Å². The first kappa shape index (κ1) is 14.9. The molecule has 1 aromatic carbocycles. The Kier molecular flexibility index (Phi) is 4.78. The van der Waals surface area contributed by atoms with Crippen molar-refractivity contribution in [3.63, 3.8) is 0 Å². The van der Waals surface area contributed by atoms with Crippen LogP contribution in [0.4, 0.5) is 5.69 Å². The molecule has 2 amide bonds. The second kappa shape index (κ2) is 6.76. The minimum atomic E-state index is -0.448. The van der Waals surface area contributed by atoms with Gasteiger partial charge in [-0.3, -0.25) is 20.4 Å². The first-order valence-corrected chi connectivity index (χ1v) is 7.06. The molecule has 0 aliphatic rings. The van der Waals surface area contributed by atoms with Crippen LogP contribution in [0.5, 0.6) is 5.75 Å². The molecule has 2 rings (SSSR count). The average Bonchev–Trinajstić information content (AvgIpc) is 2.98. The largest absolute Gasteiger partial charge is 0.483 e. The van der Waals surface area contributed by atoms with E-state index in [0.29, 0.717) is 16.3 Å². The number of carbonyl (C=O) groups is 2. The van der Waals surface area contributed by atoms with Crippen LogP contribution >= 0.6 is 11.3 Å². The fourth-order valence-corrected chi connectivity index (χ4v) is 2.23. The topological polar surface area (TPSA) is 93.4 Å². The second-order valence-corrected chi connectivity index (χ2v) is 5.24. The first-order chi connectivity index (χ1) is 10.1. The van der Waals surface area contributed by atoms with Crippen molar-refractivity contribution in [2.75, 3.05) is 12.3 Å². The van der Waals surface area contributed by atoms with Gasteiger partial charge in [-0.05, 0) is 42.1 Å². The number of thiophene rings is 1. The Bertz CT molecular complexity index is 641. The summed E-state index contributed by atoms with van der Waals surface area (Å²) in [4.78, 5) is 23.7. The maximum atomic E-state index is 11.6. The Balaban J connectivity index is 1.78. The third-order valence-electron chi connectivity index (χ3n) is 2.62. The molecule has 0 unspecified atom stereocenters. The number of hydrogen-bond acceptors (Lipinski definition) is 5. The molecule has 0 bridgehead atoms. The normalized spacial score (nSPS) is 9.95. The van der Waals surface area contributed by atoms with Gasteiger partial charge in [-0.15, -0.1) is 11.3 Å². The minimum Gasteiger partial charge on any atom is -0.483 e. The Morgan fingerprint density at radius 2 is 2.10 bits per heavy atom. The van der Waals surface area contributed by atoms with E-state index >= 15 is 0 Å². The van der Waals surface area contributed by atoms with Gasteiger partial charge >= 0.3 is 0 Å². The summed E-state index contributed by atoms with van der Waals surface area (Å²) in [5, 5.41) is 1.78. The SMILES string of the molecule is Cc1cc(N)ccc1OCC(=O)NNC(=O)c1cccs1. The van der Waals surface area contributed by atoms with E-state index in [-0.39, 0.29) is 12.5 Å². The second-order valence-electron chi connectivity index (χ2n) is 4.29. The highest BCUT2D eigenvalue weighted by Gasteiger charge is 2.09. The maximum absolute atomic E-state index is 11.6. The van der Waals surface area contributed by atoms with Gasteiger partial charge in [0.05, 0.1) is 4.88 Å². The molecule has 0 aliphatic carbocycles. The molecule has 0 saturated heterocycles. The Hall–Kier alpha value is -2.54. The number of rotatable bonds is 4. The zero-order chi connectivity index (χ0) is 15.2. The molecular weight excluding hydrogens is 290 g/mol. The number of nitrogens with one attached hydrogen (secondary N) is 2. The number of anilines is 1. The number of hydrogen-bond donors (Lipinski definition) is 3. The van der Waals surface area contributed by atoms with E-state index in [1.807, 2.05) is 6.92 Å². The highest BCUT2D eigenvalue weighted by atomic mass is 32.1. The van der Waals surface area contributed by atoms with Crippen molar-refractivity contribution < 1.29 is 14.3 Å². The molecular formula is C14H15N3O3S. The summed E-state index contributed by atoms with van der Waals surface area (Å²) in [5.74, 6) is -0.234. The summed E-state index contributed by atoms with van der Waals surface area (Å²) in [5.41, 5.74) is 11.7. The summed E-state index contributed by atoms with van der Waals surface area (Å²) in [7, 11) is 0. The van der Waals surface area contributed by atoms with Gasteiger partial charge in [0.15, 0.2) is 6.61 Å². The highest BCUT2D eigenvalue weighted by molar-refractivity contribution is 7.12. The summed E-state index contributed by atoms with van der Waals surface area (Å²) >= 11 is 1.29. The molecule has 0 saturated carbocycles. The number of amides is 2. The average molecular weight is 305 g/mol. The summed E-state index contributed by atoms with van der Waals surface area (Å²) in [6.07, 6.45) is 0. The monoisotopic (exact) mass is 305 g/mol. The molecule has 0 radical (unpaired) electrons. The van der Waals surface area contributed by atoms with E-state index in [0.717, 1.165) is 5.56 Å². The standard InChI is InChI=1S/C14H15N3O3S/c1-9-7-10(15)4-5-11(9)20-8-13(18)16-17-14(19)12-3-2-6-21-12/h2-7H,8,15H2,1H3,(H,16,18)(H,17,19). The molecule has 1 aromatic heterocycles. The predicted molar refractivity (Wildman–Crippen MR) is 81.0 cm³/mol. The molecule has 0 fully saturated rings. The van der Waals surface area contributed by atoms with Crippen molar-refractivity contribution in [2.45, 2.75) is 6.92 Å². The van der Waals surface area contributed by atoms with Crippen molar-refractivity contribution in [3.05, 3.63) is 46.2 Å². The van der Waals surface area contributed by atoms with E-state index in [1.54, 1.807) is 35.7 Å². The van der Waals surface area contributed by atoms with Crippen LogP contribution in [0.15, 0.2) is 35.7 Å². The molecule has 0 spiro atoms. The molecule has 110 valence electrons. The van der Waals surface area contributed by atoms with Gasteiger partial charge in [-0.25, -0.2) is 0 Å². The van der Waals surface area contributed by atoms with Crippen LogP contribution < -0.4 is 21.3 Å². The first-order valence-electron chi connectivity index (χ1n) is 6.18. The molecule has 0 atom stereocenters. The van der Waals surface area contributed by atoms with E-state index in [9.17, 15) is 9.59 Å². The molecule has 6 nitrogen and oxygen atoms in total. The van der Waals surface area contributed by atoms with Crippen molar-refractivity contribution in [3.8, 4) is 5.75 Å². The smallest absolute Gasteiger partial charge is 0.279 e. The fraction of sp³-hybridized carbons (Fsp3) is 0.143. The van der Waals surface area contributed by atoms with Crippen LogP contribution in [-0.4, -0.2) is 18.4 Å². The lowest BCUT2D eigenvalue weighted by Crippen LogP contribution is -2.43. The summed E-state index contributed by atoms with van der Waals surface area (Å²) in [6.45, 7) is 1.64. The summed E-state index contributed by atoms with van der Waals surface area (Å²) in [6, 6.07) is 8.57. The number of hydrazine groups is 1. The minimum absolute atomic E-state index is 0.199. The highest BCUT2D eigenvalue weighted by Crippen LogP contribution is 2.19. The molecule has 21 heavy (non-hydrogen) atoms. The van der Waals surface area contributed by atoms with E-state index in [2.05, 4.69) is 10.9 Å². The number of aryl methyl sites for hydroxylation is 1. The number of nitrogen functional groups attached to an aromatic ring is 1. The zero-order valence-corrected chi connectivity index (χ0v) is 12.2. The van der Waals surface area contributed by atoms with E-state index in [4.69, 9.17) is 10.5 Å². The molecule has 7 heteroatoms. The quantitative estimate of drug-likeness (QED) is 0.589. The van der Waals surface area contributed by atoms with Gasteiger partial charge in [-0.1, -0.05) is 6.07 Å². The van der Waals surface area contributed by atoms with Crippen LogP contribution in [-0.2, 0) is 4.79 Å². The van der Waals surface area contributed by atoms with Gasteiger partial charge in [-0.2, -0.15) is 0 Å². The number of carbonyl (C=O) groups excluding carboxylic acids is 2. The van der Waals surface area contributed by atoms with Crippen LogP contribution in [0.3, 0.4) is 0 Å². The van der Waals surface area contributed by atoms with Crippen molar-refractivity contribution >= 4 is 28.8 Å². The van der Waals surface area contributed by atoms with Gasteiger partial charge in [0.1, 0.15) is 5.75 Å². The van der Waals surface area contributed by atoms with Crippen LogP contribution in [0.2, 0.25) is 0 Å². The molecule has 4 N–H and O–H groups in total. The van der Waals surface area contributed by atoms with Crippen molar-refractivity contribution in [1.82, 2.24) is 10.9 Å². The fourth-order valence-electron chi connectivity index (χ4n) is 1.61. The molecule has 2 aromatic rings. The Labute approximate surface area is 125 Å². The van der Waals surface area contributed by atoms with Gasteiger partial charge in [0.2, 0.25) is 0 Å². The Morgan fingerprint density at radius 1 is 1.29 bits per heavy atom. The molecule has 0 aliphatic heterocycles. The van der Waals surface area contributed by atoms with Crippen molar-refractivity contribution in [2.24, 2.45) is 0 Å². The lowest BCUT2D eigenvalue weighted by Gasteiger charge is -2.10. The number of nitrogens with two attached hydrogens (primary N) is 1. The Morgan fingerprint density at radius 3 is 2.76 bits per heavy atom. The summed E-state index contributed by atoms with van der Waals surface area (Å²) < 4.78 is 5.36. The predicted octanol–water partition coefficient (Wildman–Crippen LogP) is 1.48. The maximum Gasteiger partial charge on any atom is 0.279 e. The number of benzene rings is 1. The van der Waals surface area contributed by atoms with E-state index in [1.165, 1.54) is 11.3 Å². The lowest BCUT2D eigenvalue weighted by atomic mass is 10.2. The third kappa shape index (κ3) is 4.22. The van der Waals surface area contributed by atoms with Crippen LogP contribution in [0, 0.1) is 6.92 Å².